The summed E-state index contributed by atoms with van der Waals surface area (Å²) in [5, 5.41) is 16.3. The van der Waals surface area contributed by atoms with Gasteiger partial charge in [0.05, 0.1) is 20.9 Å². The van der Waals surface area contributed by atoms with Crippen LogP contribution in [-0.4, -0.2) is 26.0 Å². The second-order valence-electron chi connectivity index (χ2n) is 5.26. The van der Waals surface area contributed by atoms with Crippen LogP contribution in [0.1, 0.15) is 6.92 Å². The van der Waals surface area contributed by atoms with E-state index >= 15 is 0 Å². The Bertz CT molecular complexity index is 931. The van der Waals surface area contributed by atoms with Crippen molar-refractivity contribution in [1.29, 1.82) is 0 Å². The van der Waals surface area contributed by atoms with Gasteiger partial charge in [0.2, 0.25) is 5.91 Å². The van der Waals surface area contributed by atoms with Gasteiger partial charge in [-0.25, -0.2) is 9.97 Å². The first kappa shape index (κ1) is 18.0. The lowest BCUT2D eigenvalue weighted by molar-refractivity contribution is -0.384. The van der Waals surface area contributed by atoms with Crippen LogP contribution in [0, 0.1) is 10.1 Å². The van der Waals surface area contributed by atoms with Crippen LogP contribution in [-0.2, 0) is 4.79 Å². The van der Waals surface area contributed by atoms with E-state index in [4.69, 9.17) is 0 Å². The van der Waals surface area contributed by atoms with Crippen LogP contribution in [0.4, 0.5) is 10.8 Å². The summed E-state index contributed by atoms with van der Waals surface area (Å²) in [7, 11) is 0. The van der Waals surface area contributed by atoms with Gasteiger partial charge < -0.3 is 5.32 Å². The highest BCUT2D eigenvalue weighted by Crippen LogP contribution is 2.28. The monoisotopic (exact) mass is 386 g/mol. The molecule has 1 N–H and O–H groups in total. The number of carbonyl (C=O) groups excluding carboxylic acids is 1. The average molecular weight is 386 g/mol. The molecule has 9 heteroatoms. The van der Waals surface area contributed by atoms with Crippen LogP contribution in [0.15, 0.2) is 59.1 Å². The molecule has 0 fully saturated rings. The maximum absolute atomic E-state index is 12.3. The first-order valence-corrected chi connectivity index (χ1v) is 9.38. The molecule has 0 spiro atoms. The number of pyridine rings is 1. The second-order valence-corrected chi connectivity index (χ2v) is 7.48. The Kier molecular flexibility index (Phi) is 5.59. The number of nitrogens with zero attached hydrogens (tertiary/aromatic N) is 3. The maximum Gasteiger partial charge on any atom is 0.270 e. The van der Waals surface area contributed by atoms with Crippen molar-refractivity contribution in [2.45, 2.75) is 17.2 Å². The molecule has 3 aromatic rings. The molecule has 1 amide bonds. The van der Waals surface area contributed by atoms with Gasteiger partial charge in [-0.15, -0.1) is 11.3 Å². The Morgan fingerprint density at radius 3 is 2.88 bits per heavy atom. The zero-order valence-electron chi connectivity index (χ0n) is 13.7. The molecule has 3 rings (SSSR count). The van der Waals surface area contributed by atoms with Crippen LogP contribution in [0.25, 0.3) is 11.3 Å². The van der Waals surface area contributed by atoms with Crippen LogP contribution in [0.2, 0.25) is 0 Å². The van der Waals surface area contributed by atoms with E-state index < -0.39 is 4.92 Å². The Balaban J connectivity index is 1.67. The van der Waals surface area contributed by atoms with E-state index in [1.165, 1.54) is 35.2 Å². The van der Waals surface area contributed by atoms with Crippen LogP contribution < -0.4 is 5.32 Å². The fourth-order valence-corrected chi connectivity index (χ4v) is 3.63. The highest BCUT2D eigenvalue weighted by molar-refractivity contribution is 8.00. The number of nitro groups is 1. The van der Waals surface area contributed by atoms with Gasteiger partial charge in [0, 0.05) is 29.3 Å². The van der Waals surface area contributed by atoms with Crippen molar-refractivity contribution in [3.63, 3.8) is 0 Å². The SMILES string of the molecule is CC(Sc1ccccn1)C(=O)Nc1nc(-c2cccc([N+](=O)[O-])c2)cs1. The van der Waals surface area contributed by atoms with Gasteiger partial charge in [0.15, 0.2) is 5.13 Å². The van der Waals surface area contributed by atoms with Gasteiger partial charge in [0.25, 0.3) is 5.69 Å². The highest BCUT2D eigenvalue weighted by atomic mass is 32.2. The third kappa shape index (κ3) is 4.44. The zero-order chi connectivity index (χ0) is 18.5. The van der Waals surface area contributed by atoms with E-state index in [2.05, 4.69) is 15.3 Å². The third-order valence-electron chi connectivity index (χ3n) is 3.39. The summed E-state index contributed by atoms with van der Waals surface area (Å²) in [4.78, 5) is 31.3. The number of carbonyl (C=O) groups is 1. The number of rotatable bonds is 6. The lowest BCUT2D eigenvalue weighted by Crippen LogP contribution is -2.22. The zero-order valence-corrected chi connectivity index (χ0v) is 15.3. The van der Waals surface area contributed by atoms with Crippen molar-refractivity contribution in [3.05, 3.63) is 64.2 Å². The van der Waals surface area contributed by atoms with E-state index in [0.29, 0.717) is 16.4 Å². The normalized spacial score (nSPS) is 11.7. The quantitative estimate of drug-likeness (QED) is 0.387. The summed E-state index contributed by atoms with van der Waals surface area (Å²) in [5.41, 5.74) is 1.22. The van der Waals surface area contributed by atoms with Crippen LogP contribution in [0.3, 0.4) is 0 Å². The summed E-state index contributed by atoms with van der Waals surface area (Å²) >= 11 is 2.63. The molecule has 0 bridgehead atoms. The van der Waals surface area contributed by atoms with E-state index in [-0.39, 0.29) is 16.8 Å². The first-order valence-electron chi connectivity index (χ1n) is 7.62. The molecule has 0 aliphatic carbocycles. The molecular weight excluding hydrogens is 372 g/mol. The predicted molar refractivity (Wildman–Crippen MR) is 102 cm³/mol. The summed E-state index contributed by atoms with van der Waals surface area (Å²) in [5.74, 6) is -0.180. The van der Waals surface area contributed by atoms with Crippen molar-refractivity contribution < 1.29 is 9.72 Å². The van der Waals surface area contributed by atoms with Crippen molar-refractivity contribution in [1.82, 2.24) is 9.97 Å². The van der Waals surface area contributed by atoms with Gasteiger partial charge in [-0.2, -0.15) is 0 Å². The Morgan fingerprint density at radius 1 is 1.31 bits per heavy atom. The van der Waals surface area contributed by atoms with Gasteiger partial charge in [-0.3, -0.25) is 14.9 Å². The maximum atomic E-state index is 12.3. The molecule has 2 aromatic heterocycles. The number of non-ortho nitro benzene ring substituents is 1. The second kappa shape index (κ2) is 8.07. The number of amides is 1. The van der Waals surface area contributed by atoms with Gasteiger partial charge >= 0.3 is 0 Å². The minimum absolute atomic E-state index is 0.00136. The molecule has 1 aromatic carbocycles. The number of nitrogens with one attached hydrogen (secondary N) is 1. The van der Waals surface area contributed by atoms with E-state index in [0.717, 1.165) is 5.03 Å². The van der Waals surface area contributed by atoms with Crippen molar-refractivity contribution in [3.8, 4) is 11.3 Å². The van der Waals surface area contributed by atoms with Crippen molar-refractivity contribution in [2.24, 2.45) is 0 Å². The largest absolute Gasteiger partial charge is 0.301 e. The number of thiazole rings is 1. The van der Waals surface area contributed by atoms with Crippen LogP contribution in [0.5, 0.6) is 0 Å². The minimum atomic E-state index is -0.449. The standard InChI is InChI=1S/C17H14N4O3S2/c1-11(26-15-7-2-3-8-18-15)16(22)20-17-19-14(10-25-17)12-5-4-6-13(9-12)21(23)24/h2-11H,1H3,(H,19,20,22). The van der Waals surface area contributed by atoms with E-state index in [1.807, 2.05) is 18.2 Å². The molecule has 7 nitrogen and oxygen atoms in total. The molecule has 1 atom stereocenters. The molecule has 26 heavy (non-hydrogen) atoms. The number of anilines is 1. The minimum Gasteiger partial charge on any atom is -0.301 e. The molecular formula is C17H14N4O3S2. The van der Waals surface area contributed by atoms with Gasteiger partial charge in [0.1, 0.15) is 0 Å². The Morgan fingerprint density at radius 2 is 2.15 bits per heavy atom. The number of hydrogen-bond acceptors (Lipinski definition) is 7. The fourth-order valence-electron chi connectivity index (χ4n) is 2.10. The topological polar surface area (TPSA) is 98.0 Å². The molecule has 0 saturated carbocycles. The molecule has 132 valence electrons. The predicted octanol–water partition coefficient (Wildman–Crippen LogP) is 4.23. The number of hydrogen-bond donors (Lipinski definition) is 1. The lowest BCUT2D eigenvalue weighted by atomic mass is 10.1. The summed E-state index contributed by atoms with van der Waals surface area (Å²) in [6.45, 7) is 1.80. The van der Waals surface area contributed by atoms with Crippen molar-refractivity contribution in [2.75, 3.05) is 5.32 Å². The summed E-state index contributed by atoms with van der Waals surface area (Å²) in [6, 6.07) is 11.8. The van der Waals surface area contributed by atoms with E-state index in [9.17, 15) is 14.9 Å². The molecule has 2 heterocycles. The number of thioether (sulfide) groups is 1. The van der Waals surface area contributed by atoms with Gasteiger partial charge in [-0.1, -0.05) is 30.0 Å². The lowest BCUT2D eigenvalue weighted by Gasteiger charge is -2.09. The molecule has 0 radical (unpaired) electrons. The van der Waals surface area contributed by atoms with Gasteiger partial charge in [-0.05, 0) is 19.1 Å². The first-order chi connectivity index (χ1) is 12.5. The molecule has 0 aliphatic heterocycles. The molecule has 0 saturated heterocycles. The third-order valence-corrected chi connectivity index (χ3v) is 5.20. The summed E-state index contributed by atoms with van der Waals surface area (Å²) in [6.07, 6.45) is 1.68. The van der Waals surface area contributed by atoms with Crippen molar-refractivity contribution >= 4 is 39.8 Å². The Labute approximate surface area is 157 Å². The summed E-state index contributed by atoms with van der Waals surface area (Å²) < 4.78 is 0. The average Bonchev–Trinajstić information content (AvgIpc) is 3.11. The number of nitro benzene ring substituents is 1. The molecule has 0 aliphatic rings. The van der Waals surface area contributed by atoms with Crippen LogP contribution >= 0.6 is 23.1 Å². The fraction of sp³-hybridized carbons (Fsp3) is 0.118. The van der Waals surface area contributed by atoms with E-state index in [1.54, 1.807) is 30.6 Å². The Hall–Kier alpha value is -2.78. The number of benzene rings is 1. The molecule has 1 unspecified atom stereocenters. The smallest absolute Gasteiger partial charge is 0.270 e. The number of aromatic nitrogens is 2. The highest BCUT2D eigenvalue weighted by Gasteiger charge is 2.17.